The number of ether oxygens (including phenoxy) is 2. The summed E-state index contributed by atoms with van der Waals surface area (Å²) in [6.07, 6.45) is 99.1. The molecule has 0 aromatic carbocycles. The van der Waals surface area contributed by atoms with Crippen LogP contribution in [0.25, 0.3) is 0 Å². The van der Waals surface area contributed by atoms with Gasteiger partial charge in [-0.1, -0.05) is 382 Å². The summed E-state index contributed by atoms with van der Waals surface area (Å²) >= 11 is 0. The van der Waals surface area contributed by atoms with Crippen LogP contribution in [0, 0.1) is 0 Å². The first-order valence-corrected chi connectivity index (χ1v) is 41.2. The molecule has 0 radical (unpaired) electrons. The fourth-order valence-corrected chi connectivity index (χ4v) is 12.5. The van der Waals surface area contributed by atoms with Gasteiger partial charge in [-0.05, 0) is 64.2 Å². The number of phosphoric acid groups is 1. The Morgan fingerprint density at radius 2 is 0.620 bits per heavy atom. The largest absolute Gasteiger partial charge is 0.472 e. The first-order valence-electron chi connectivity index (χ1n) is 39.7. The van der Waals surface area contributed by atoms with Gasteiger partial charge in [-0.25, -0.2) is 4.57 Å². The van der Waals surface area contributed by atoms with Crippen LogP contribution in [0.2, 0.25) is 0 Å². The first-order chi connectivity index (χ1) is 45.0. The maximum atomic E-state index is 12.9. The predicted octanol–water partition coefficient (Wildman–Crippen LogP) is 26.3. The van der Waals surface area contributed by atoms with Crippen LogP contribution in [0.1, 0.15) is 386 Å². The highest BCUT2D eigenvalue weighted by atomic mass is 31.2. The summed E-state index contributed by atoms with van der Waals surface area (Å²) in [5.74, 6) is -0.788. The maximum absolute atomic E-state index is 12.9. The highest BCUT2D eigenvalue weighted by molar-refractivity contribution is 7.47. The van der Waals surface area contributed by atoms with Gasteiger partial charge in [0.1, 0.15) is 19.8 Å². The number of allylic oxidation sites excluding steroid dienone is 12. The average molecular weight is 1310 g/mol. The number of hydrogen-bond acceptors (Lipinski definition) is 7. The van der Waals surface area contributed by atoms with Gasteiger partial charge in [0.25, 0.3) is 0 Å². The number of nitrogens with zero attached hydrogens (tertiary/aromatic N) is 1. The van der Waals surface area contributed by atoms with Crippen LogP contribution in [-0.2, 0) is 32.7 Å². The van der Waals surface area contributed by atoms with E-state index in [2.05, 4.69) is 86.8 Å². The molecule has 0 amide bonds. The number of carbonyl (C=O) groups is 2. The number of esters is 2. The Morgan fingerprint density at radius 3 is 0.924 bits per heavy atom. The van der Waals surface area contributed by atoms with E-state index in [4.69, 9.17) is 18.5 Å². The zero-order valence-corrected chi connectivity index (χ0v) is 62.4. The summed E-state index contributed by atoms with van der Waals surface area (Å²) in [5, 5.41) is 0. The van der Waals surface area contributed by atoms with Crippen molar-refractivity contribution in [2.24, 2.45) is 0 Å². The molecule has 1 N–H and O–H groups in total. The lowest BCUT2D eigenvalue weighted by Crippen LogP contribution is -2.37. The minimum atomic E-state index is -4.40. The van der Waals surface area contributed by atoms with Crippen molar-refractivity contribution in [1.29, 1.82) is 0 Å². The van der Waals surface area contributed by atoms with Crippen LogP contribution in [0.4, 0.5) is 0 Å². The highest BCUT2D eigenvalue weighted by Gasteiger charge is 2.27. The molecule has 2 unspecified atom stereocenters. The monoisotopic (exact) mass is 1310 g/mol. The SMILES string of the molecule is CC/C=C\C/C=C\C/C=C\C/C=C\C/C=C\C/C=C\CCCCCCCCCCCCC(=O)OC(COC(=O)CCCCCCCCCCCCCCCCCCCCCCCCCCCCCCCCCCCCCCCCC)COP(=O)(O)OCC[N+](C)(C)C. The molecule has 0 aliphatic rings. The van der Waals surface area contributed by atoms with Gasteiger partial charge in [-0.2, -0.15) is 0 Å². The van der Waals surface area contributed by atoms with Crippen molar-refractivity contribution in [3.63, 3.8) is 0 Å². The number of quaternary nitrogens is 1. The number of carbonyl (C=O) groups excluding carboxylic acids is 2. The second-order valence-corrected chi connectivity index (χ2v) is 29.5. The van der Waals surface area contributed by atoms with Gasteiger partial charge >= 0.3 is 19.8 Å². The molecule has 0 aromatic rings. The zero-order valence-electron chi connectivity index (χ0n) is 61.5. The van der Waals surface area contributed by atoms with E-state index in [0.717, 1.165) is 83.5 Å². The van der Waals surface area contributed by atoms with Gasteiger partial charge in [0.05, 0.1) is 27.7 Å². The van der Waals surface area contributed by atoms with E-state index in [1.807, 2.05) is 21.1 Å². The molecule has 0 rings (SSSR count). The van der Waals surface area contributed by atoms with Crippen LogP contribution in [-0.4, -0.2) is 74.9 Å². The molecular weight excluding hydrogens is 1160 g/mol. The summed E-state index contributed by atoms with van der Waals surface area (Å²) in [6, 6.07) is 0. The lowest BCUT2D eigenvalue weighted by Gasteiger charge is -2.24. The predicted molar refractivity (Wildman–Crippen MR) is 399 cm³/mol. The summed E-state index contributed by atoms with van der Waals surface area (Å²) in [4.78, 5) is 36.0. The molecule has 2 atom stereocenters. The van der Waals surface area contributed by atoms with Crippen molar-refractivity contribution in [3.05, 3.63) is 72.9 Å². The van der Waals surface area contributed by atoms with Crippen LogP contribution in [0.3, 0.4) is 0 Å². The number of likely N-dealkylation sites (N-methyl/N-ethyl adjacent to an activating group) is 1. The van der Waals surface area contributed by atoms with Gasteiger partial charge in [0, 0.05) is 12.8 Å². The number of unbranched alkanes of at least 4 members (excludes halogenated alkanes) is 48. The van der Waals surface area contributed by atoms with Gasteiger partial charge in [-0.15, -0.1) is 0 Å². The van der Waals surface area contributed by atoms with Crippen molar-refractivity contribution in [3.8, 4) is 0 Å². The van der Waals surface area contributed by atoms with Gasteiger partial charge < -0.3 is 18.9 Å². The molecule has 0 aromatic heterocycles. The molecule has 0 spiro atoms. The van der Waals surface area contributed by atoms with Crippen molar-refractivity contribution in [2.45, 2.75) is 392 Å². The van der Waals surface area contributed by atoms with Crippen LogP contribution in [0.15, 0.2) is 72.9 Å². The van der Waals surface area contributed by atoms with Crippen LogP contribution < -0.4 is 0 Å². The molecule has 0 bridgehead atoms. The topological polar surface area (TPSA) is 108 Å². The third-order valence-electron chi connectivity index (χ3n) is 17.8. The molecule has 0 aliphatic heterocycles. The molecule has 0 aliphatic carbocycles. The Balaban J connectivity index is 3.92. The quantitative estimate of drug-likeness (QED) is 0.0211. The number of phosphoric ester groups is 1. The summed E-state index contributed by atoms with van der Waals surface area (Å²) in [5.41, 5.74) is 0. The second kappa shape index (κ2) is 72.7. The third kappa shape index (κ3) is 76.5. The fourth-order valence-electron chi connectivity index (χ4n) is 11.7. The molecule has 0 fully saturated rings. The Hall–Kier alpha value is -2.55. The Bertz CT molecular complexity index is 1780. The van der Waals surface area contributed by atoms with Gasteiger partial charge in [-0.3, -0.25) is 18.6 Å². The van der Waals surface area contributed by atoms with E-state index in [0.29, 0.717) is 23.9 Å². The average Bonchev–Trinajstić information content (AvgIpc) is 2.14. The van der Waals surface area contributed by atoms with Crippen LogP contribution in [0.5, 0.6) is 0 Å². The standard InChI is InChI=1S/C82H152NO8P/c1-6-8-10-12-14-16-18-20-22-24-26-28-30-32-34-36-37-38-39-40-41-42-43-44-45-47-48-50-52-54-56-58-60-62-64-66-68-70-72-74-81(84)88-78-80(79-90-92(86,87)89-77-76-83(3,4)5)91-82(85)75-73-71-69-67-65-63-61-59-57-55-53-51-49-46-35-33-31-29-27-25-23-21-19-17-15-13-11-9-7-2/h9,11,15,17,21,23,27,29,33,35,49,51,80H,6-8,10,12-14,16,18-20,22,24-26,28,30-32,34,36-48,50,52-79H2,1-5H3/p+1/b11-9-,17-15-,23-21-,29-27-,35-33-,51-49-. The Labute approximate surface area is 571 Å². The molecule has 9 nitrogen and oxygen atoms in total. The third-order valence-corrected chi connectivity index (χ3v) is 18.7. The summed E-state index contributed by atoms with van der Waals surface area (Å²) in [7, 11) is 1.48. The molecule has 0 heterocycles. The lowest BCUT2D eigenvalue weighted by atomic mass is 10.0. The second-order valence-electron chi connectivity index (χ2n) is 28.1. The van der Waals surface area contributed by atoms with E-state index in [9.17, 15) is 19.0 Å². The zero-order chi connectivity index (χ0) is 66.9. The van der Waals surface area contributed by atoms with Crippen LogP contribution >= 0.6 is 7.82 Å². The van der Waals surface area contributed by atoms with E-state index in [1.54, 1.807) is 0 Å². The minimum absolute atomic E-state index is 0.0300. The van der Waals surface area contributed by atoms with Gasteiger partial charge in [0.2, 0.25) is 0 Å². The Morgan fingerprint density at radius 1 is 0.348 bits per heavy atom. The van der Waals surface area contributed by atoms with E-state index < -0.39 is 26.5 Å². The smallest absolute Gasteiger partial charge is 0.462 e. The van der Waals surface area contributed by atoms with Crippen molar-refractivity contribution in [2.75, 3.05) is 47.5 Å². The van der Waals surface area contributed by atoms with E-state index in [1.165, 1.54) is 270 Å². The van der Waals surface area contributed by atoms with Crippen molar-refractivity contribution >= 4 is 19.8 Å². The number of rotatable bonds is 74. The Kier molecular flexibility index (Phi) is 70.7. The first kappa shape index (κ1) is 89.5. The molecular formula is C82H153NO8P+. The lowest BCUT2D eigenvalue weighted by molar-refractivity contribution is -0.870. The number of hydrogen-bond donors (Lipinski definition) is 1. The van der Waals surface area contributed by atoms with Gasteiger partial charge in [0.15, 0.2) is 6.10 Å². The highest BCUT2D eigenvalue weighted by Crippen LogP contribution is 2.43. The minimum Gasteiger partial charge on any atom is -0.462 e. The normalized spacial score (nSPS) is 13.4. The van der Waals surface area contributed by atoms with E-state index in [-0.39, 0.29) is 25.6 Å². The van der Waals surface area contributed by atoms with E-state index >= 15 is 0 Å². The fraction of sp³-hybridized carbons (Fsp3) is 0.829. The molecule has 10 heteroatoms. The molecule has 0 saturated carbocycles. The van der Waals surface area contributed by atoms with Crippen molar-refractivity contribution in [1.82, 2.24) is 0 Å². The molecule has 92 heavy (non-hydrogen) atoms. The maximum Gasteiger partial charge on any atom is 0.472 e. The molecule has 0 saturated heterocycles. The summed E-state index contributed by atoms with van der Waals surface area (Å²) in [6.45, 7) is 4.37. The van der Waals surface area contributed by atoms with Crippen molar-refractivity contribution < 1.29 is 42.1 Å². The molecule has 538 valence electrons. The summed E-state index contributed by atoms with van der Waals surface area (Å²) < 4.78 is 34.8.